The second-order valence-corrected chi connectivity index (χ2v) is 2.99. The van der Waals surface area contributed by atoms with Crippen molar-refractivity contribution in [2.24, 2.45) is 16.6 Å². The number of alkyl halides is 3. The average molecular weight is 212 g/mol. The van der Waals surface area contributed by atoms with Crippen molar-refractivity contribution in [1.29, 1.82) is 0 Å². The van der Waals surface area contributed by atoms with Crippen LogP contribution in [-0.4, -0.2) is 19.2 Å². The monoisotopic (exact) mass is 212 g/mol. The molecule has 0 aromatic rings. The predicted octanol–water partition coefficient (Wildman–Crippen LogP) is 2.42. The summed E-state index contributed by atoms with van der Waals surface area (Å²) in [6.07, 6.45) is -4.72. The van der Waals surface area contributed by atoms with Crippen LogP contribution in [0.1, 0.15) is 13.8 Å². The molecule has 0 aliphatic carbocycles. The van der Waals surface area contributed by atoms with Crippen molar-refractivity contribution in [2.75, 3.05) is 7.05 Å². The van der Waals surface area contributed by atoms with Crippen LogP contribution >= 0.6 is 0 Å². The molecule has 0 atom stereocenters. The minimum absolute atomic E-state index is 0.597. The molecular formula is C8H12F4N2. The summed E-state index contributed by atoms with van der Waals surface area (Å²) < 4.78 is 49.4. The summed E-state index contributed by atoms with van der Waals surface area (Å²) in [6, 6.07) is 0. The molecule has 2 N–H and O–H groups in total. The Balaban J connectivity index is 5.40. The van der Waals surface area contributed by atoms with Gasteiger partial charge < -0.3 is 5.73 Å². The van der Waals surface area contributed by atoms with Gasteiger partial charge in [-0.15, -0.1) is 0 Å². The molecule has 0 aromatic carbocycles. The Hall–Kier alpha value is -1.07. The van der Waals surface area contributed by atoms with Crippen molar-refractivity contribution in [2.45, 2.75) is 20.0 Å². The van der Waals surface area contributed by atoms with Gasteiger partial charge in [-0.2, -0.15) is 17.6 Å². The van der Waals surface area contributed by atoms with Gasteiger partial charge in [-0.3, -0.25) is 4.99 Å². The summed E-state index contributed by atoms with van der Waals surface area (Å²) in [5.74, 6) is -1.84. The lowest BCUT2D eigenvalue weighted by molar-refractivity contribution is -0.0936. The Bertz CT molecular complexity index is 263. The molecule has 2 nitrogen and oxygen atoms in total. The highest BCUT2D eigenvalue weighted by Gasteiger charge is 2.36. The Morgan fingerprint density at radius 3 is 1.93 bits per heavy atom. The Morgan fingerprint density at radius 2 is 1.71 bits per heavy atom. The highest BCUT2D eigenvalue weighted by molar-refractivity contribution is 5.93. The Labute approximate surface area is 79.5 Å². The number of nitrogens with zero attached hydrogens (tertiary/aromatic N) is 1. The number of nitrogens with two attached hydrogens (primary N) is 1. The first-order valence-electron chi connectivity index (χ1n) is 3.91. The minimum Gasteiger partial charge on any atom is -0.394 e. The molecule has 0 radical (unpaired) electrons. The van der Waals surface area contributed by atoms with Crippen LogP contribution in [0.5, 0.6) is 0 Å². The van der Waals surface area contributed by atoms with Crippen LogP contribution in [0, 0.1) is 5.92 Å². The first kappa shape index (κ1) is 12.9. The second-order valence-electron chi connectivity index (χ2n) is 2.99. The highest BCUT2D eigenvalue weighted by Crippen LogP contribution is 2.28. The molecule has 0 unspecified atom stereocenters. The van der Waals surface area contributed by atoms with E-state index in [1.54, 1.807) is 0 Å². The van der Waals surface area contributed by atoms with Gasteiger partial charge in [0.1, 0.15) is 5.70 Å². The van der Waals surface area contributed by atoms with Gasteiger partial charge in [0.05, 0.1) is 0 Å². The van der Waals surface area contributed by atoms with Crippen molar-refractivity contribution >= 4 is 5.97 Å². The van der Waals surface area contributed by atoms with Crippen LogP contribution in [0.4, 0.5) is 17.6 Å². The molecule has 0 spiro atoms. The number of rotatable bonds is 2. The van der Waals surface area contributed by atoms with E-state index in [9.17, 15) is 17.6 Å². The van der Waals surface area contributed by atoms with E-state index in [2.05, 4.69) is 4.99 Å². The molecule has 0 saturated heterocycles. The second kappa shape index (κ2) is 4.43. The summed E-state index contributed by atoms with van der Waals surface area (Å²) in [6.45, 7) is 2.83. The number of hydrogen-bond acceptors (Lipinski definition) is 2. The van der Waals surface area contributed by atoms with Crippen LogP contribution in [0.2, 0.25) is 0 Å². The third-order valence-corrected chi connectivity index (χ3v) is 1.59. The van der Waals surface area contributed by atoms with Crippen LogP contribution in [-0.2, 0) is 0 Å². The number of aliphatic imine (C=N–C) groups is 1. The molecule has 0 bridgehead atoms. The van der Waals surface area contributed by atoms with E-state index < -0.39 is 29.3 Å². The molecule has 0 aromatic heterocycles. The van der Waals surface area contributed by atoms with E-state index in [-0.39, 0.29) is 0 Å². The standard InChI is InChI=1S/C8H12F4N2/c1-4(2)5(7(9)14-3)6(13)8(10,11)12/h4H,13H2,1-3H3. The van der Waals surface area contributed by atoms with Crippen molar-refractivity contribution in [3.8, 4) is 0 Å². The van der Waals surface area contributed by atoms with Crippen LogP contribution in [0.15, 0.2) is 16.3 Å². The molecule has 0 amide bonds. The molecule has 82 valence electrons. The topological polar surface area (TPSA) is 38.4 Å². The normalized spacial score (nSPS) is 15.9. The van der Waals surface area contributed by atoms with E-state index in [4.69, 9.17) is 5.73 Å². The maximum Gasteiger partial charge on any atom is 0.431 e. The largest absolute Gasteiger partial charge is 0.431 e. The average Bonchev–Trinajstić information content (AvgIpc) is 2.01. The fourth-order valence-electron chi connectivity index (χ4n) is 0.933. The molecule has 14 heavy (non-hydrogen) atoms. The van der Waals surface area contributed by atoms with Crippen LogP contribution in [0.25, 0.3) is 0 Å². The van der Waals surface area contributed by atoms with Gasteiger partial charge in [-0.05, 0) is 5.92 Å². The zero-order valence-corrected chi connectivity index (χ0v) is 8.11. The fraction of sp³-hybridized carbons (Fsp3) is 0.625. The van der Waals surface area contributed by atoms with E-state index in [1.165, 1.54) is 13.8 Å². The van der Waals surface area contributed by atoms with Gasteiger partial charge in [0.15, 0.2) is 0 Å². The quantitative estimate of drug-likeness (QED) is 0.554. The first-order chi connectivity index (χ1) is 6.21. The van der Waals surface area contributed by atoms with Crippen LogP contribution < -0.4 is 5.73 Å². The smallest absolute Gasteiger partial charge is 0.394 e. The summed E-state index contributed by atoms with van der Waals surface area (Å²) in [7, 11) is 1.07. The van der Waals surface area contributed by atoms with Gasteiger partial charge in [-0.25, -0.2) is 0 Å². The zero-order valence-electron chi connectivity index (χ0n) is 8.11. The number of hydrogen-bond donors (Lipinski definition) is 1. The minimum atomic E-state index is -4.72. The van der Waals surface area contributed by atoms with E-state index >= 15 is 0 Å². The molecule has 0 aliphatic rings. The van der Waals surface area contributed by atoms with Gasteiger partial charge in [-0.1, -0.05) is 13.8 Å². The maximum atomic E-state index is 12.9. The molecule has 0 aliphatic heterocycles. The molecule has 0 rings (SSSR count). The molecule has 6 heteroatoms. The SMILES string of the molecule is CN=C(F)C(=C(N)C(F)(F)F)C(C)C. The maximum absolute atomic E-state index is 12.9. The Morgan fingerprint density at radius 1 is 1.29 bits per heavy atom. The Kier molecular flexibility index (Phi) is 4.09. The molecule has 0 heterocycles. The number of allylic oxidation sites excluding steroid dienone is 2. The van der Waals surface area contributed by atoms with Crippen molar-refractivity contribution in [3.63, 3.8) is 0 Å². The van der Waals surface area contributed by atoms with E-state index in [1.807, 2.05) is 0 Å². The summed E-state index contributed by atoms with van der Waals surface area (Å²) in [5, 5.41) is 0. The van der Waals surface area contributed by atoms with E-state index in [0.717, 1.165) is 7.05 Å². The third kappa shape index (κ3) is 3.01. The molecule has 0 saturated carbocycles. The lowest BCUT2D eigenvalue weighted by Crippen LogP contribution is -2.25. The summed E-state index contributed by atoms with van der Waals surface area (Å²) >= 11 is 0. The lowest BCUT2D eigenvalue weighted by Gasteiger charge is -2.14. The third-order valence-electron chi connectivity index (χ3n) is 1.59. The van der Waals surface area contributed by atoms with Crippen molar-refractivity contribution in [3.05, 3.63) is 11.3 Å². The predicted molar refractivity (Wildman–Crippen MR) is 46.6 cm³/mol. The van der Waals surface area contributed by atoms with Gasteiger partial charge >= 0.3 is 6.18 Å². The first-order valence-corrected chi connectivity index (χ1v) is 3.91. The van der Waals surface area contributed by atoms with Gasteiger partial charge in [0.25, 0.3) is 0 Å². The fourth-order valence-corrected chi connectivity index (χ4v) is 0.933. The summed E-state index contributed by atoms with van der Waals surface area (Å²) in [5.41, 5.74) is 2.79. The molecular weight excluding hydrogens is 200 g/mol. The van der Waals surface area contributed by atoms with E-state index in [0.29, 0.717) is 0 Å². The molecule has 0 fully saturated rings. The van der Waals surface area contributed by atoms with Gasteiger partial charge in [0.2, 0.25) is 5.97 Å². The number of halogens is 4. The lowest BCUT2D eigenvalue weighted by atomic mass is 10.0. The zero-order chi connectivity index (χ0) is 11.5. The summed E-state index contributed by atoms with van der Waals surface area (Å²) in [4.78, 5) is 3.06. The van der Waals surface area contributed by atoms with Crippen molar-refractivity contribution in [1.82, 2.24) is 0 Å². The highest BCUT2D eigenvalue weighted by atomic mass is 19.4. The van der Waals surface area contributed by atoms with Gasteiger partial charge in [0, 0.05) is 12.6 Å². The van der Waals surface area contributed by atoms with Crippen LogP contribution in [0.3, 0.4) is 0 Å². The van der Waals surface area contributed by atoms with Crippen molar-refractivity contribution < 1.29 is 17.6 Å².